The molecule has 0 aliphatic carbocycles. The Bertz CT molecular complexity index is 1090. The normalized spacial score (nSPS) is 15.9. The van der Waals surface area contributed by atoms with Gasteiger partial charge in [-0.15, -0.1) is 0 Å². The number of carbonyl (C=O) groups excluding carboxylic acids is 1. The Morgan fingerprint density at radius 2 is 1.74 bits per heavy atom. The lowest BCUT2D eigenvalue weighted by atomic mass is 10.0. The maximum Gasteiger partial charge on any atom is 0.227 e. The predicted octanol–water partition coefficient (Wildman–Crippen LogP) is 5.69. The molecule has 0 saturated heterocycles. The molecule has 0 fully saturated rings. The number of ether oxygens (including phenoxy) is 2. The standard InChI is InChI=1S/C29H34N2O3/c1-21(2)16-25-20-34-28-11-7-5-8-23(28)18-30-27-10-6-4-9-24(27)19-31(25)29(32)17-22-12-14-26(33-3)15-13-22/h4-15,21,25,30H,16-20H2,1-3H3/t25-/m0/s1. The molecule has 0 aromatic heterocycles. The Labute approximate surface area is 202 Å². The molecule has 4 rings (SSSR count). The van der Waals surface area contributed by atoms with Crippen LogP contribution in [0.4, 0.5) is 5.69 Å². The fourth-order valence-electron chi connectivity index (χ4n) is 4.45. The van der Waals surface area contributed by atoms with Gasteiger partial charge in [0.2, 0.25) is 5.91 Å². The molecule has 5 nitrogen and oxygen atoms in total. The molecular formula is C29H34N2O3. The van der Waals surface area contributed by atoms with Gasteiger partial charge in [0.05, 0.1) is 19.6 Å². The first-order valence-corrected chi connectivity index (χ1v) is 12.0. The van der Waals surface area contributed by atoms with E-state index < -0.39 is 0 Å². The van der Waals surface area contributed by atoms with Crippen molar-refractivity contribution in [2.45, 2.75) is 45.8 Å². The monoisotopic (exact) mass is 458 g/mol. The van der Waals surface area contributed by atoms with Crippen LogP contribution in [-0.2, 0) is 24.3 Å². The SMILES string of the molecule is COc1ccc(CC(=O)N2Cc3ccccc3NCc3ccccc3OC[C@@H]2CC(C)C)cc1. The van der Waals surface area contributed by atoms with E-state index in [0.29, 0.717) is 32.0 Å². The van der Waals surface area contributed by atoms with Crippen LogP contribution < -0.4 is 14.8 Å². The quantitative estimate of drug-likeness (QED) is 0.534. The fourth-order valence-corrected chi connectivity index (χ4v) is 4.45. The number of hydrogen-bond acceptors (Lipinski definition) is 4. The summed E-state index contributed by atoms with van der Waals surface area (Å²) >= 11 is 0. The van der Waals surface area contributed by atoms with Crippen LogP contribution in [0.3, 0.4) is 0 Å². The molecule has 1 amide bonds. The molecule has 0 radical (unpaired) electrons. The minimum absolute atomic E-state index is 0.0371. The van der Waals surface area contributed by atoms with Gasteiger partial charge in [-0.1, -0.05) is 62.4 Å². The summed E-state index contributed by atoms with van der Waals surface area (Å²) in [5, 5.41) is 3.56. The lowest BCUT2D eigenvalue weighted by Gasteiger charge is -2.33. The molecule has 34 heavy (non-hydrogen) atoms. The predicted molar refractivity (Wildman–Crippen MR) is 136 cm³/mol. The zero-order valence-electron chi connectivity index (χ0n) is 20.3. The Morgan fingerprint density at radius 1 is 1.03 bits per heavy atom. The van der Waals surface area contributed by atoms with Crippen molar-refractivity contribution < 1.29 is 14.3 Å². The summed E-state index contributed by atoms with van der Waals surface area (Å²) in [6, 6.07) is 24.1. The van der Waals surface area contributed by atoms with Crippen molar-refractivity contribution in [2.24, 2.45) is 5.92 Å². The number of fused-ring (bicyclic) bond motifs is 2. The van der Waals surface area contributed by atoms with Gasteiger partial charge in [-0.2, -0.15) is 0 Å². The maximum atomic E-state index is 13.7. The number of carbonyl (C=O) groups is 1. The molecule has 3 aromatic carbocycles. The third kappa shape index (κ3) is 5.90. The van der Waals surface area contributed by atoms with Gasteiger partial charge in [-0.3, -0.25) is 4.79 Å². The summed E-state index contributed by atoms with van der Waals surface area (Å²) in [5.41, 5.74) is 4.24. The van der Waals surface area contributed by atoms with Gasteiger partial charge in [0.15, 0.2) is 0 Å². The van der Waals surface area contributed by atoms with E-state index in [9.17, 15) is 4.79 Å². The van der Waals surface area contributed by atoms with Crippen molar-refractivity contribution in [3.8, 4) is 11.5 Å². The van der Waals surface area contributed by atoms with E-state index in [-0.39, 0.29) is 11.9 Å². The third-order valence-corrected chi connectivity index (χ3v) is 6.25. The van der Waals surface area contributed by atoms with Crippen LogP contribution in [0.5, 0.6) is 11.5 Å². The number of nitrogens with one attached hydrogen (secondary N) is 1. The number of rotatable bonds is 5. The van der Waals surface area contributed by atoms with Crippen LogP contribution in [0.2, 0.25) is 0 Å². The van der Waals surface area contributed by atoms with E-state index in [2.05, 4.69) is 37.4 Å². The summed E-state index contributed by atoms with van der Waals surface area (Å²) < 4.78 is 11.6. The highest BCUT2D eigenvalue weighted by Gasteiger charge is 2.27. The fraction of sp³-hybridized carbons (Fsp3) is 0.345. The van der Waals surface area contributed by atoms with E-state index in [1.807, 2.05) is 59.5 Å². The lowest BCUT2D eigenvalue weighted by molar-refractivity contribution is -0.134. The number of methoxy groups -OCH3 is 1. The first kappa shape index (κ1) is 23.7. The van der Waals surface area contributed by atoms with Gasteiger partial charge in [-0.25, -0.2) is 0 Å². The molecule has 5 heteroatoms. The average Bonchev–Trinajstić information content (AvgIpc) is 2.87. The van der Waals surface area contributed by atoms with E-state index in [1.54, 1.807) is 7.11 Å². The molecule has 1 heterocycles. The summed E-state index contributed by atoms with van der Waals surface area (Å²) in [5.74, 6) is 2.18. The van der Waals surface area contributed by atoms with Crippen LogP contribution in [0.25, 0.3) is 0 Å². The molecule has 178 valence electrons. The Kier molecular flexibility index (Phi) is 7.73. The number of nitrogens with zero attached hydrogens (tertiary/aromatic N) is 1. The Balaban J connectivity index is 1.68. The van der Waals surface area contributed by atoms with Gasteiger partial charge < -0.3 is 19.7 Å². The van der Waals surface area contributed by atoms with Crippen LogP contribution in [-0.4, -0.2) is 30.6 Å². The summed E-state index contributed by atoms with van der Waals surface area (Å²) in [4.78, 5) is 15.7. The summed E-state index contributed by atoms with van der Waals surface area (Å²) in [6.45, 7) is 6.06. The molecule has 1 N–H and O–H groups in total. The van der Waals surface area contributed by atoms with Gasteiger partial charge in [0.25, 0.3) is 0 Å². The zero-order valence-corrected chi connectivity index (χ0v) is 20.3. The molecule has 0 saturated carbocycles. The van der Waals surface area contributed by atoms with Crippen molar-refractivity contribution in [2.75, 3.05) is 19.0 Å². The molecule has 0 bridgehead atoms. The van der Waals surface area contributed by atoms with Crippen molar-refractivity contribution >= 4 is 11.6 Å². The van der Waals surface area contributed by atoms with E-state index in [1.165, 1.54) is 0 Å². The second-order valence-corrected chi connectivity index (χ2v) is 9.26. The molecule has 0 spiro atoms. The maximum absolute atomic E-state index is 13.7. The highest BCUT2D eigenvalue weighted by atomic mass is 16.5. The molecule has 1 atom stereocenters. The first-order chi connectivity index (χ1) is 16.5. The van der Waals surface area contributed by atoms with Crippen molar-refractivity contribution in [3.05, 3.63) is 89.5 Å². The zero-order chi connectivity index (χ0) is 23.9. The number of anilines is 1. The minimum Gasteiger partial charge on any atom is -0.497 e. The van der Waals surface area contributed by atoms with E-state index >= 15 is 0 Å². The highest BCUT2D eigenvalue weighted by Crippen LogP contribution is 2.27. The molecule has 1 aliphatic rings. The van der Waals surface area contributed by atoms with Gasteiger partial charge in [-0.05, 0) is 47.7 Å². The lowest BCUT2D eigenvalue weighted by Crippen LogP contribution is -2.44. The second-order valence-electron chi connectivity index (χ2n) is 9.26. The highest BCUT2D eigenvalue weighted by molar-refractivity contribution is 5.79. The Hall–Kier alpha value is -3.47. The van der Waals surface area contributed by atoms with Crippen LogP contribution in [0, 0.1) is 5.92 Å². The van der Waals surface area contributed by atoms with Crippen molar-refractivity contribution in [1.29, 1.82) is 0 Å². The van der Waals surface area contributed by atoms with Crippen LogP contribution in [0.15, 0.2) is 72.8 Å². The van der Waals surface area contributed by atoms with Crippen molar-refractivity contribution in [1.82, 2.24) is 4.90 Å². The van der Waals surface area contributed by atoms with E-state index in [4.69, 9.17) is 9.47 Å². The second kappa shape index (κ2) is 11.1. The van der Waals surface area contributed by atoms with Crippen molar-refractivity contribution in [3.63, 3.8) is 0 Å². The third-order valence-electron chi connectivity index (χ3n) is 6.25. The number of benzene rings is 3. The van der Waals surface area contributed by atoms with Crippen LogP contribution >= 0.6 is 0 Å². The van der Waals surface area contributed by atoms with Gasteiger partial charge in [0, 0.05) is 24.3 Å². The topological polar surface area (TPSA) is 50.8 Å². The molecule has 1 aliphatic heterocycles. The summed E-state index contributed by atoms with van der Waals surface area (Å²) in [6.07, 6.45) is 1.21. The largest absolute Gasteiger partial charge is 0.497 e. The average molecular weight is 459 g/mol. The smallest absolute Gasteiger partial charge is 0.227 e. The first-order valence-electron chi connectivity index (χ1n) is 12.0. The van der Waals surface area contributed by atoms with Gasteiger partial charge in [0.1, 0.15) is 18.1 Å². The number of hydrogen-bond donors (Lipinski definition) is 1. The number of amides is 1. The van der Waals surface area contributed by atoms with Crippen LogP contribution in [0.1, 0.15) is 37.0 Å². The molecular weight excluding hydrogens is 424 g/mol. The number of para-hydroxylation sites is 2. The molecule has 3 aromatic rings. The molecule has 0 unspecified atom stereocenters. The summed E-state index contributed by atoms with van der Waals surface area (Å²) in [7, 11) is 1.65. The van der Waals surface area contributed by atoms with E-state index in [0.717, 1.165) is 40.3 Å². The van der Waals surface area contributed by atoms with Gasteiger partial charge >= 0.3 is 0 Å². The minimum atomic E-state index is -0.0371. The Morgan fingerprint density at radius 3 is 2.47 bits per heavy atom.